The Labute approximate surface area is 150 Å². The molecule has 3 rings (SSSR count). The van der Waals surface area contributed by atoms with Gasteiger partial charge in [0.15, 0.2) is 0 Å². The van der Waals surface area contributed by atoms with E-state index in [1.165, 1.54) is 65.5 Å². The molecule has 126 valence electrons. The Morgan fingerprint density at radius 2 is 0.958 bits per heavy atom. The topological polar surface area (TPSA) is 12.4 Å². The molecule has 1 aliphatic rings. The summed E-state index contributed by atoms with van der Waals surface area (Å²) in [5, 5.41) is 0. The highest BCUT2D eigenvalue weighted by Crippen LogP contribution is 2.48. The first kappa shape index (κ1) is 17.3. The van der Waals surface area contributed by atoms with Gasteiger partial charge in [0.25, 0.3) is 0 Å². The van der Waals surface area contributed by atoms with Gasteiger partial charge < -0.3 is 0 Å². The Morgan fingerprint density at radius 3 is 1.54 bits per heavy atom. The maximum Gasteiger partial charge on any atom is 0.0807 e. The second-order valence-electron chi connectivity index (χ2n) is 7.18. The number of fused-ring (bicyclic) bond motifs is 2. The Balaban J connectivity index is 2.45. The summed E-state index contributed by atoms with van der Waals surface area (Å²) in [4.78, 5) is 7.83. The van der Waals surface area contributed by atoms with Crippen molar-refractivity contribution in [3.05, 3.63) is 50.1 Å². The molecule has 2 aromatic rings. The lowest BCUT2D eigenvalue weighted by Crippen LogP contribution is -2.05. The van der Waals surface area contributed by atoms with Crippen molar-refractivity contribution in [1.29, 1.82) is 0 Å². The van der Waals surface area contributed by atoms with E-state index in [4.69, 9.17) is 4.99 Å². The molecule has 0 spiro atoms. The summed E-state index contributed by atoms with van der Waals surface area (Å²) in [5.41, 5.74) is 14.7. The summed E-state index contributed by atoms with van der Waals surface area (Å²) in [6.07, 6.45) is 0. The van der Waals surface area contributed by atoms with Gasteiger partial charge in [-0.2, -0.15) is 0 Å². The number of aliphatic imine (C=N–C) groups is 1. The molecule has 1 aliphatic heterocycles. The van der Waals surface area contributed by atoms with Gasteiger partial charge in [0.05, 0.1) is 5.69 Å². The van der Waals surface area contributed by atoms with Crippen molar-refractivity contribution in [3.63, 3.8) is 0 Å². The van der Waals surface area contributed by atoms with Crippen LogP contribution in [0.4, 0.5) is 5.69 Å². The molecule has 0 unspecified atom stereocenters. The maximum absolute atomic E-state index is 5.11. The standard InChI is InChI=1S/C22H27NS/c1-10-12(3)16(7)21-19(14(10)5)18(9)23-20-15(6)11(2)13(4)17(8)22(20)24-21/h1-9H3. The Morgan fingerprint density at radius 1 is 0.500 bits per heavy atom. The second kappa shape index (κ2) is 5.77. The quantitative estimate of drug-likeness (QED) is 0.517. The lowest BCUT2D eigenvalue weighted by molar-refractivity contribution is 1.12. The summed E-state index contributed by atoms with van der Waals surface area (Å²) < 4.78 is 0. The van der Waals surface area contributed by atoms with Gasteiger partial charge in [-0.25, -0.2) is 0 Å². The molecule has 2 aromatic carbocycles. The van der Waals surface area contributed by atoms with Crippen molar-refractivity contribution in [2.24, 2.45) is 4.99 Å². The van der Waals surface area contributed by atoms with Crippen LogP contribution < -0.4 is 0 Å². The Hall–Kier alpha value is -1.54. The van der Waals surface area contributed by atoms with Crippen molar-refractivity contribution in [3.8, 4) is 0 Å². The fourth-order valence-corrected chi connectivity index (χ4v) is 5.20. The van der Waals surface area contributed by atoms with Crippen molar-refractivity contribution in [1.82, 2.24) is 0 Å². The first-order valence-electron chi connectivity index (χ1n) is 8.61. The molecule has 0 N–H and O–H groups in total. The van der Waals surface area contributed by atoms with E-state index in [2.05, 4.69) is 62.3 Å². The largest absolute Gasteiger partial charge is 0.252 e. The number of benzene rings is 2. The molecule has 1 heterocycles. The van der Waals surface area contributed by atoms with E-state index in [-0.39, 0.29) is 0 Å². The molecule has 0 aromatic heterocycles. The van der Waals surface area contributed by atoms with Crippen LogP contribution in [-0.2, 0) is 0 Å². The number of rotatable bonds is 0. The molecule has 0 fully saturated rings. The SMILES string of the molecule is CC1=Nc2c(C)c(C)c(C)c(C)c2Sc2c(C)c(C)c(C)c(C)c21. The highest BCUT2D eigenvalue weighted by molar-refractivity contribution is 7.99. The Bertz CT molecular complexity index is 917. The predicted molar refractivity (Wildman–Crippen MR) is 107 cm³/mol. The number of nitrogens with zero attached hydrogens (tertiary/aromatic N) is 1. The molecule has 0 saturated carbocycles. The molecule has 1 nitrogen and oxygen atoms in total. The van der Waals surface area contributed by atoms with E-state index in [9.17, 15) is 0 Å². The van der Waals surface area contributed by atoms with Gasteiger partial charge in [-0.1, -0.05) is 11.8 Å². The minimum atomic E-state index is 1.14. The molecule has 0 amide bonds. The van der Waals surface area contributed by atoms with E-state index in [1.807, 2.05) is 11.8 Å². The third-order valence-corrected chi connectivity index (χ3v) is 7.49. The van der Waals surface area contributed by atoms with Crippen molar-refractivity contribution in [2.75, 3.05) is 0 Å². The monoisotopic (exact) mass is 337 g/mol. The van der Waals surface area contributed by atoms with Crippen molar-refractivity contribution in [2.45, 2.75) is 72.1 Å². The normalized spacial score (nSPS) is 13.3. The van der Waals surface area contributed by atoms with Crippen LogP contribution in [0.25, 0.3) is 0 Å². The molecular weight excluding hydrogens is 310 g/mol. The van der Waals surface area contributed by atoms with Gasteiger partial charge >= 0.3 is 0 Å². The lowest BCUT2D eigenvalue weighted by atomic mass is 9.92. The van der Waals surface area contributed by atoms with Gasteiger partial charge in [-0.3, -0.25) is 4.99 Å². The molecule has 0 radical (unpaired) electrons. The molecule has 24 heavy (non-hydrogen) atoms. The zero-order valence-corrected chi connectivity index (χ0v) is 17.2. The van der Waals surface area contributed by atoms with E-state index in [1.54, 1.807) is 0 Å². The molecule has 0 saturated heterocycles. The van der Waals surface area contributed by atoms with Gasteiger partial charge in [0.1, 0.15) is 0 Å². The van der Waals surface area contributed by atoms with Crippen LogP contribution >= 0.6 is 11.8 Å². The summed E-state index contributed by atoms with van der Waals surface area (Å²) in [5.74, 6) is 0. The van der Waals surface area contributed by atoms with Gasteiger partial charge in [-0.15, -0.1) is 0 Å². The fraction of sp³-hybridized carbons (Fsp3) is 0.409. The Kier molecular flexibility index (Phi) is 4.16. The smallest absolute Gasteiger partial charge is 0.0807 e. The second-order valence-corrected chi connectivity index (χ2v) is 8.20. The highest BCUT2D eigenvalue weighted by atomic mass is 32.2. The van der Waals surface area contributed by atoms with Crippen LogP contribution in [0.5, 0.6) is 0 Å². The summed E-state index contributed by atoms with van der Waals surface area (Å²) in [6.45, 7) is 20.1. The van der Waals surface area contributed by atoms with Crippen molar-refractivity contribution < 1.29 is 0 Å². The third-order valence-electron chi connectivity index (χ3n) is 6.07. The number of hydrogen-bond acceptors (Lipinski definition) is 2. The van der Waals surface area contributed by atoms with E-state index in [0.29, 0.717) is 0 Å². The average molecular weight is 338 g/mol. The van der Waals surface area contributed by atoms with Crippen LogP contribution in [0.3, 0.4) is 0 Å². The average Bonchev–Trinajstić information content (AvgIpc) is 2.71. The van der Waals surface area contributed by atoms with E-state index >= 15 is 0 Å². The molecule has 2 heteroatoms. The van der Waals surface area contributed by atoms with Gasteiger partial charge in [-0.05, 0) is 107 Å². The first-order chi connectivity index (χ1) is 11.2. The fourth-order valence-electron chi connectivity index (χ4n) is 3.68. The third kappa shape index (κ3) is 2.27. The predicted octanol–water partition coefficient (Wildman–Crippen LogP) is 6.76. The minimum absolute atomic E-state index is 1.14. The van der Waals surface area contributed by atoms with E-state index < -0.39 is 0 Å². The zero-order chi connectivity index (χ0) is 17.9. The van der Waals surface area contributed by atoms with Crippen LogP contribution in [0, 0.1) is 55.4 Å². The zero-order valence-electron chi connectivity index (χ0n) is 16.4. The van der Waals surface area contributed by atoms with Crippen molar-refractivity contribution >= 4 is 23.2 Å². The van der Waals surface area contributed by atoms with Crippen LogP contribution in [0.2, 0.25) is 0 Å². The first-order valence-corrected chi connectivity index (χ1v) is 9.42. The van der Waals surface area contributed by atoms with Crippen LogP contribution in [0.15, 0.2) is 14.8 Å². The molecule has 0 bridgehead atoms. The van der Waals surface area contributed by atoms with Crippen LogP contribution in [-0.4, -0.2) is 5.71 Å². The molecule has 0 aliphatic carbocycles. The maximum atomic E-state index is 5.11. The van der Waals surface area contributed by atoms with E-state index in [0.717, 1.165) is 5.71 Å². The summed E-state index contributed by atoms with van der Waals surface area (Å²) in [7, 11) is 0. The van der Waals surface area contributed by atoms with Gasteiger partial charge in [0.2, 0.25) is 0 Å². The lowest BCUT2D eigenvalue weighted by Gasteiger charge is -2.20. The van der Waals surface area contributed by atoms with Gasteiger partial charge in [0, 0.05) is 21.1 Å². The summed E-state index contributed by atoms with van der Waals surface area (Å²) >= 11 is 1.92. The highest BCUT2D eigenvalue weighted by Gasteiger charge is 2.25. The molecule has 0 atom stereocenters. The molecular formula is C22H27NS. The minimum Gasteiger partial charge on any atom is -0.252 e. The van der Waals surface area contributed by atoms with Crippen LogP contribution in [0.1, 0.15) is 57.0 Å². The summed E-state index contributed by atoms with van der Waals surface area (Å²) in [6, 6.07) is 0. The number of hydrogen-bond donors (Lipinski definition) is 0.